The molecule has 0 fully saturated rings. The Morgan fingerprint density at radius 3 is 2.20 bits per heavy atom. The number of hydrogen-bond donors (Lipinski definition) is 2. The fourth-order valence-electron chi connectivity index (χ4n) is 4.09. The van der Waals surface area contributed by atoms with Crippen LogP contribution < -0.4 is 19.8 Å². The maximum Gasteiger partial charge on any atom is 0.416 e. The molecule has 0 aliphatic heterocycles. The highest BCUT2D eigenvalue weighted by molar-refractivity contribution is 7.92. The van der Waals surface area contributed by atoms with Crippen molar-refractivity contribution in [3.63, 3.8) is 0 Å². The number of benzene rings is 4. The van der Waals surface area contributed by atoms with E-state index in [-0.39, 0.29) is 22.4 Å². The van der Waals surface area contributed by atoms with Crippen LogP contribution in [0.1, 0.15) is 16.7 Å². The van der Waals surface area contributed by atoms with Crippen LogP contribution in [-0.4, -0.2) is 46.1 Å². The van der Waals surface area contributed by atoms with E-state index in [1.165, 1.54) is 30.5 Å². The van der Waals surface area contributed by atoms with Gasteiger partial charge in [-0.05, 0) is 72.1 Å². The van der Waals surface area contributed by atoms with Crippen molar-refractivity contribution >= 4 is 45.3 Å². The van der Waals surface area contributed by atoms with Crippen molar-refractivity contribution in [1.82, 2.24) is 10.7 Å². The SMILES string of the molecule is O=C(COc1ccc(/C=N/NC(=O)CN(c2cc(C(F)(F)F)ccc2Cl)S(=O)(=O)c2ccccc2)cc1)NCCc1ccccc1. The van der Waals surface area contributed by atoms with Gasteiger partial charge in [-0.1, -0.05) is 60.1 Å². The predicted molar refractivity (Wildman–Crippen MR) is 168 cm³/mol. The molecule has 2 amide bonds. The number of sulfonamides is 1. The molecule has 0 aromatic heterocycles. The molecule has 4 rings (SSSR count). The van der Waals surface area contributed by atoms with Gasteiger partial charge in [-0.2, -0.15) is 18.3 Å². The number of nitrogens with zero attached hydrogens (tertiary/aromatic N) is 2. The van der Waals surface area contributed by atoms with Gasteiger partial charge in [0.25, 0.3) is 21.8 Å². The van der Waals surface area contributed by atoms with Crippen molar-refractivity contribution in [3.8, 4) is 5.75 Å². The Morgan fingerprint density at radius 2 is 1.54 bits per heavy atom. The van der Waals surface area contributed by atoms with Crippen molar-refractivity contribution < 1.29 is 35.9 Å². The molecule has 2 N–H and O–H groups in total. The highest BCUT2D eigenvalue weighted by atomic mass is 35.5. The molecule has 0 radical (unpaired) electrons. The molecule has 4 aromatic carbocycles. The quantitative estimate of drug-likeness (QED) is 0.145. The third-order valence-corrected chi connectivity index (χ3v) is 8.49. The summed E-state index contributed by atoms with van der Waals surface area (Å²) in [6.07, 6.45) is -2.83. The number of hydrazone groups is 1. The number of alkyl halides is 3. The van der Waals surface area contributed by atoms with Crippen LogP contribution in [0.5, 0.6) is 5.75 Å². The summed E-state index contributed by atoms with van der Waals surface area (Å²) in [6.45, 7) is -0.636. The second-order valence-corrected chi connectivity index (χ2v) is 12.0. The Bertz CT molecular complexity index is 1770. The predicted octanol–water partition coefficient (Wildman–Crippen LogP) is 5.44. The lowest BCUT2D eigenvalue weighted by molar-refractivity contribution is -0.137. The molecular weight excluding hydrogens is 645 g/mol. The van der Waals surface area contributed by atoms with Gasteiger partial charge >= 0.3 is 6.18 Å². The van der Waals surface area contributed by atoms with E-state index in [0.717, 1.165) is 11.6 Å². The summed E-state index contributed by atoms with van der Waals surface area (Å²) in [5.74, 6) is -0.805. The lowest BCUT2D eigenvalue weighted by Gasteiger charge is -2.25. The van der Waals surface area contributed by atoms with Crippen molar-refractivity contribution in [1.29, 1.82) is 0 Å². The fraction of sp³-hybridized carbons (Fsp3) is 0.156. The average molecular weight is 673 g/mol. The summed E-state index contributed by atoms with van der Waals surface area (Å²) >= 11 is 6.13. The minimum absolute atomic E-state index is 0.184. The summed E-state index contributed by atoms with van der Waals surface area (Å²) in [4.78, 5) is 24.6. The molecule has 0 saturated carbocycles. The van der Waals surface area contributed by atoms with E-state index < -0.39 is 39.9 Å². The fourth-order valence-corrected chi connectivity index (χ4v) is 5.81. The molecule has 0 atom stereocenters. The average Bonchev–Trinajstić information content (AvgIpc) is 3.04. The molecule has 4 aromatic rings. The van der Waals surface area contributed by atoms with Gasteiger partial charge in [-0.15, -0.1) is 0 Å². The third-order valence-electron chi connectivity index (χ3n) is 6.39. The summed E-state index contributed by atoms with van der Waals surface area (Å²) in [7, 11) is -4.52. The maximum absolute atomic E-state index is 13.4. The molecule has 0 saturated heterocycles. The first-order valence-electron chi connectivity index (χ1n) is 13.7. The van der Waals surface area contributed by atoms with Crippen LogP contribution in [0.2, 0.25) is 5.02 Å². The Labute approximate surface area is 268 Å². The molecule has 240 valence electrons. The van der Waals surface area contributed by atoms with E-state index in [9.17, 15) is 31.2 Å². The van der Waals surface area contributed by atoms with E-state index in [1.54, 1.807) is 30.3 Å². The molecule has 0 unspecified atom stereocenters. The van der Waals surface area contributed by atoms with Crippen molar-refractivity contribution in [2.45, 2.75) is 17.5 Å². The van der Waals surface area contributed by atoms with Gasteiger partial charge in [0.05, 0.1) is 27.4 Å². The summed E-state index contributed by atoms with van der Waals surface area (Å²) in [5, 5.41) is 6.29. The number of rotatable bonds is 13. The topological polar surface area (TPSA) is 117 Å². The minimum Gasteiger partial charge on any atom is -0.484 e. The van der Waals surface area contributed by atoms with E-state index in [2.05, 4.69) is 15.8 Å². The molecule has 0 aliphatic carbocycles. The van der Waals surface area contributed by atoms with E-state index in [0.29, 0.717) is 40.7 Å². The Balaban J connectivity index is 1.36. The van der Waals surface area contributed by atoms with Gasteiger partial charge < -0.3 is 10.1 Å². The second kappa shape index (κ2) is 15.4. The van der Waals surface area contributed by atoms with Crippen LogP contribution in [0.15, 0.2) is 113 Å². The van der Waals surface area contributed by atoms with Crippen LogP contribution in [0, 0.1) is 0 Å². The molecule has 0 heterocycles. The van der Waals surface area contributed by atoms with Crippen molar-refractivity contribution in [2.75, 3.05) is 24.0 Å². The van der Waals surface area contributed by atoms with Crippen molar-refractivity contribution in [3.05, 3.63) is 125 Å². The Hall–Kier alpha value is -4.88. The number of amides is 2. The zero-order valence-corrected chi connectivity index (χ0v) is 25.6. The summed E-state index contributed by atoms with van der Waals surface area (Å²) in [6, 6.07) is 25.2. The minimum atomic E-state index is -4.79. The molecule has 46 heavy (non-hydrogen) atoms. The largest absolute Gasteiger partial charge is 0.484 e. The van der Waals surface area contributed by atoms with Crippen LogP contribution in [0.3, 0.4) is 0 Å². The van der Waals surface area contributed by atoms with E-state index in [4.69, 9.17) is 16.3 Å². The van der Waals surface area contributed by atoms with Gasteiger partial charge in [0.2, 0.25) is 0 Å². The molecule has 9 nitrogen and oxygen atoms in total. The molecule has 14 heteroatoms. The number of hydrogen-bond acceptors (Lipinski definition) is 6. The zero-order chi connectivity index (χ0) is 33.2. The van der Waals surface area contributed by atoms with Gasteiger partial charge in [0, 0.05) is 6.54 Å². The van der Waals surface area contributed by atoms with Gasteiger partial charge in [-0.3, -0.25) is 13.9 Å². The van der Waals surface area contributed by atoms with Gasteiger partial charge in [0.1, 0.15) is 12.3 Å². The normalized spacial score (nSPS) is 11.7. The number of halogens is 4. The maximum atomic E-state index is 13.4. The lowest BCUT2D eigenvalue weighted by atomic mass is 10.1. The summed E-state index contributed by atoms with van der Waals surface area (Å²) in [5.41, 5.74) is 2.13. The first-order chi connectivity index (χ1) is 21.9. The van der Waals surface area contributed by atoms with E-state index >= 15 is 0 Å². The Morgan fingerprint density at radius 1 is 0.891 bits per heavy atom. The third kappa shape index (κ3) is 9.56. The zero-order valence-electron chi connectivity index (χ0n) is 24.1. The van der Waals surface area contributed by atoms with Crippen LogP contribution in [-0.2, 0) is 32.2 Å². The standard InChI is InChI=1S/C32H28ClF3N4O5S/c33-28-16-13-25(32(34,35)36)19-29(28)40(46(43,44)27-9-5-2-6-10-27)21-30(41)39-38-20-24-11-14-26(15-12-24)45-22-31(42)37-18-17-23-7-3-1-4-8-23/h1-16,19-20H,17-18,21-22H2,(H,37,42)(H,39,41)/b38-20+. The monoisotopic (exact) mass is 672 g/mol. The highest BCUT2D eigenvalue weighted by Crippen LogP contribution is 2.37. The summed E-state index contributed by atoms with van der Waals surface area (Å²) < 4.78 is 73.2. The molecule has 0 aliphatic rings. The van der Waals surface area contributed by atoms with Crippen LogP contribution in [0.4, 0.5) is 18.9 Å². The first-order valence-corrected chi connectivity index (χ1v) is 15.6. The molecular formula is C32H28ClF3N4O5S. The molecule has 0 spiro atoms. The number of nitrogens with one attached hydrogen (secondary N) is 2. The number of carbonyl (C=O) groups is 2. The first kappa shape index (κ1) is 34.0. The van der Waals surface area contributed by atoms with Gasteiger partial charge in [-0.25, -0.2) is 13.8 Å². The Kier molecular flexibility index (Phi) is 11.4. The smallest absolute Gasteiger partial charge is 0.416 e. The number of ether oxygens (including phenoxy) is 1. The van der Waals surface area contributed by atoms with Crippen LogP contribution in [0.25, 0.3) is 0 Å². The molecule has 0 bridgehead atoms. The number of carbonyl (C=O) groups excluding carboxylic acids is 2. The number of anilines is 1. The van der Waals surface area contributed by atoms with Crippen LogP contribution >= 0.6 is 11.6 Å². The van der Waals surface area contributed by atoms with E-state index in [1.807, 2.05) is 30.3 Å². The van der Waals surface area contributed by atoms with Gasteiger partial charge in [0.15, 0.2) is 6.61 Å². The lowest BCUT2D eigenvalue weighted by Crippen LogP contribution is -2.40. The highest BCUT2D eigenvalue weighted by Gasteiger charge is 2.34. The van der Waals surface area contributed by atoms with Crippen molar-refractivity contribution in [2.24, 2.45) is 5.10 Å². The second-order valence-electron chi connectivity index (χ2n) is 9.73.